The van der Waals surface area contributed by atoms with Crippen molar-refractivity contribution in [2.45, 2.75) is 39.2 Å². The highest BCUT2D eigenvalue weighted by atomic mass is 16.3. The lowest BCUT2D eigenvalue weighted by Gasteiger charge is -2.25. The third-order valence-corrected chi connectivity index (χ3v) is 5.12. The lowest BCUT2D eigenvalue weighted by Crippen LogP contribution is -2.36. The highest BCUT2D eigenvalue weighted by Gasteiger charge is 2.32. The zero-order valence-electron chi connectivity index (χ0n) is 14.6. The molecule has 0 saturated carbocycles. The van der Waals surface area contributed by atoms with E-state index in [9.17, 15) is 9.90 Å². The Morgan fingerprint density at radius 1 is 1.38 bits per heavy atom. The summed E-state index contributed by atoms with van der Waals surface area (Å²) in [5.41, 5.74) is 5.50. The van der Waals surface area contributed by atoms with Crippen LogP contribution in [0.1, 0.15) is 40.4 Å². The summed E-state index contributed by atoms with van der Waals surface area (Å²) in [6, 6.07) is 8.19. The summed E-state index contributed by atoms with van der Waals surface area (Å²) in [6.07, 6.45) is 1.80. The second kappa shape index (κ2) is 6.77. The fraction of sp³-hybridized carbons (Fsp3) is 0.474. The van der Waals surface area contributed by atoms with Gasteiger partial charge < -0.3 is 10.0 Å². The van der Waals surface area contributed by atoms with Gasteiger partial charge in [0.1, 0.15) is 0 Å². The van der Waals surface area contributed by atoms with E-state index in [2.05, 4.69) is 17.2 Å². The van der Waals surface area contributed by atoms with Gasteiger partial charge in [-0.1, -0.05) is 24.3 Å². The number of rotatable bonds is 5. The topological polar surface area (TPSA) is 58.4 Å². The second-order valence-corrected chi connectivity index (χ2v) is 6.55. The number of amides is 1. The highest BCUT2D eigenvalue weighted by molar-refractivity contribution is 5.85. The van der Waals surface area contributed by atoms with Crippen molar-refractivity contribution in [2.75, 3.05) is 13.2 Å². The van der Waals surface area contributed by atoms with E-state index in [1.54, 1.807) is 4.90 Å². The molecular weight excluding hydrogens is 302 g/mol. The maximum Gasteiger partial charge on any atom is 0.230 e. The standard InChI is InChI=1S/C19H25N3O2/c1-13-18(14(2)21(3)20-13)12-22(10-11-23)19(24)17-9-8-15-6-4-5-7-16(15)17/h4-7,17,23H,8-12H2,1-3H3/t17-/m0/s1. The van der Waals surface area contributed by atoms with Crippen LogP contribution in [-0.2, 0) is 24.8 Å². The number of hydrogen-bond acceptors (Lipinski definition) is 3. The summed E-state index contributed by atoms with van der Waals surface area (Å²) in [4.78, 5) is 14.9. The largest absolute Gasteiger partial charge is 0.395 e. The zero-order chi connectivity index (χ0) is 17.3. The molecule has 2 aromatic rings. The van der Waals surface area contributed by atoms with Gasteiger partial charge in [0.15, 0.2) is 0 Å². The quantitative estimate of drug-likeness (QED) is 0.915. The van der Waals surface area contributed by atoms with Crippen molar-refractivity contribution >= 4 is 5.91 Å². The predicted octanol–water partition coefficient (Wildman–Crippen LogP) is 2.09. The van der Waals surface area contributed by atoms with Crippen molar-refractivity contribution in [1.82, 2.24) is 14.7 Å². The molecule has 0 spiro atoms. The van der Waals surface area contributed by atoms with Gasteiger partial charge in [0, 0.05) is 31.4 Å². The van der Waals surface area contributed by atoms with Crippen LogP contribution in [-0.4, -0.2) is 38.8 Å². The molecule has 0 unspecified atom stereocenters. The molecule has 1 amide bonds. The molecule has 1 aromatic carbocycles. The summed E-state index contributed by atoms with van der Waals surface area (Å²) < 4.78 is 1.84. The van der Waals surface area contributed by atoms with Gasteiger partial charge in [0.25, 0.3) is 0 Å². The number of carbonyl (C=O) groups excluding carboxylic acids is 1. The molecule has 1 aromatic heterocycles. The van der Waals surface area contributed by atoms with Gasteiger partial charge in [-0.15, -0.1) is 0 Å². The fourth-order valence-corrected chi connectivity index (χ4v) is 3.66. The van der Waals surface area contributed by atoms with Crippen LogP contribution in [0, 0.1) is 13.8 Å². The van der Waals surface area contributed by atoms with Crippen molar-refractivity contribution in [1.29, 1.82) is 0 Å². The Kier molecular flexibility index (Phi) is 4.71. The SMILES string of the molecule is Cc1nn(C)c(C)c1CN(CCO)C(=O)[C@H]1CCc2ccccc21. The first-order valence-electron chi connectivity index (χ1n) is 8.49. The molecule has 0 aliphatic heterocycles. The molecule has 128 valence electrons. The van der Waals surface area contributed by atoms with E-state index in [0.717, 1.165) is 35.4 Å². The predicted molar refractivity (Wildman–Crippen MR) is 92.7 cm³/mol. The molecule has 1 atom stereocenters. The molecule has 5 nitrogen and oxygen atoms in total. The zero-order valence-corrected chi connectivity index (χ0v) is 14.6. The third kappa shape index (κ3) is 2.96. The number of fused-ring (bicyclic) bond motifs is 1. The van der Waals surface area contributed by atoms with Crippen molar-refractivity contribution in [3.63, 3.8) is 0 Å². The van der Waals surface area contributed by atoms with Crippen LogP contribution in [0.15, 0.2) is 24.3 Å². The molecule has 1 N–H and O–H groups in total. The molecule has 3 rings (SSSR count). The Morgan fingerprint density at radius 2 is 2.12 bits per heavy atom. The Balaban J connectivity index is 1.85. The Hall–Kier alpha value is -2.14. The summed E-state index contributed by atoms with van der Waals surface area (Å²) in [5.74, 6) is 0.0155. The van der Waals surface area contributed by atoms with Gasteiger partial charge in [-0.3, -0.25) is 9.48 Å². The lowest BCUT2D eigenvalue weighted by atomic mass is 9.99. The van der Waals surface area contributed by atoms with E-state index >= 15 is 0 Å². The minimum absolute atomic E-state index is 0.0293. The molecule has 1 aliphatic rings. The summed E-state index contributed by atoms with van der Waals surface area (Å²) in [5, 5.41) is 13.9. The lowest BCUT2D eigenvalue weighted by molar-refractivity contribution is -0.134. The van der Waals surface area contributed by atoms with Gasteiger partial charge in [-0.2, -0.15) is 5.10 Å². The fourth-order valence-electron chi connectivity index (χ4n) is 3.66. The van der Waals surface area contributed by atoms with E-state index in [-0.39, 0.29) is 18.4 Å². The highest BCUT2D eigenvalue weighted by Crippen LogP contribution is 2.34. The van der Waals surface area contributed by atoms with Crippen LogP contribution in [0.2, 0.25) is 0 Å². The molecule has 5 heteroatoms. The van der Waals surface area contributed by atoms with Crippen molar-refractivity contribution in [3.05, 3.63) is 52.3 Å². The average molecular weight is 327 g/mol. The first kappa shape index (κ1) is 16.7. The number of aliphatic hydroxyl groups is 1. The smallest absolute Gasteiger partial charge is 0.230 e. The number of carbonyl (C=O) groups is 1. The number of hydrogen-bond donors (Lipinski definition) is 1. The van der Waals surface area contributed by atoms with Gasteiger partial charge in [0.2, 0.25) is 5.91 Å². The molecule has 0 bridgehead atoms. The molecule has 24 heavy (non-hydrogen) atoms. The molecule has 0 saturated heterocycles. The van der Waals surface area contributed by atoms with E-state index in [1.165, 1.54) is 5.56 Å². The average Bonchev–Trinajstić information content (AvgIpc) is 3.10. The number of aryl methyl sites for hydroxylation is 3. The van der Waals surface area contributed by atoms with E-state index in [0.29, 0.717) is 13.1 Å². The number of nitrogens with zero attached hydrogens (tertiary/aromatic N) is 3. The van der Waals surface area contributed by atoms with Crippen molar-refractivity contribution in [3.8, 4) is 0 Å². The second-order valence-electron chi connectivity index (χ2n) is 6.55. The first-order chi connectivity index (χ1) is 11.5. The maximum atomic E-state index is 13.1. The van der Waals surface area contributed by atoms with Crippen LogP contribution in [0.5, 0.6) is 0 Å². The van der Waals surface area contributed by atoms with Crippen LogP contribution >= 0.6 is 0 Å². The molecular formula is C19H25N3O2. The number of aromatic nitrogens is 2. The number of aliphatic hydroxyl groups excluding tert-OH is 1. The third-order valence-electron chi connectivity index (χ3n) is 5.12. The van der Waals surface area contributed by atoms with Crippen LogP contribution in [0.4, 0.5) is 0 Å². The van der Waals surface area contributed by atoms with E-state index in [1.807, 2.05) is 37.7 Å². The number of benzene rings is 1. The van der Waals surface area contributed by atoms with Crippen LogP contribution < -0.4 is 0 Å². The monoisotopic (exact) mass is 327 g/mol. The van der Waals surface area contributed by atoms with Gasteiger partial charge >= 0.3 is 0 Å². The Morgan fingerprint density at radius 3 is 2.79 bits per heavy atom. The van der Waals surface area contributed by atoms with Gasteiger partial charge in [0.05, 0.1) is 18.2 Å². The first-order valence-corrected chi connectivity index (χ1v) is 8.49. The molecule has 1 heterocycles. The molecule has 1 aliphatic carbocycles. The van der Waals surface area contributed by atoms with Crippen molar-refractivity contribution in [2.24, 2.45) is 7.05 Å². The Bertz CT molecular complexity index is 751. The van der Waals surface area contributed by atoms with Gasteiger partial charge in [-0.05, 0) is 37.8 Å². The summed E-state index contributed by atoms with van der Waals surface area (Å²) in [7, 11) is 1.91. The van der Waals surface area contributed by atoms with E-state index in [4.69, 9.17) is 0 Å². The molecule has 0 radical (unpaired) electrons. The summed E-state index contributed by atoms with van der Waals surface area (Å²) in [6.45, 7) is 4.81. The van der Waals surface area contributed by atoms with Crippen molar-refractivity contribution < 1.29 is 9.90 Å². The minimum atomic E-state index is -0.0926. The minimum Gasteiger partial charge on any atom is -0.395 e. The normalized spacial score (nSPS) is 16.2. The van der Waals surface area contributed by atoms with Crippen LogP contribution in [0.3, 0.4) is 0 Å². The Labute approximate surface area is 142 Å². The molecule has 0 fully saturated rings. The van der Waals surface area contributed by atoms with Crippen LogP contribution in [0.25, 0.3) is 0 Å². The van der Waals surface area contributed by atoms with E-state index < -0.39 is 0 Å². The maximum absolute atomic E-state index is 13.1. The van der Waals surface area contributed by atoms with Gasteiger partial charge in [-0.25, -0.2) is 0 Å². The summed E-state index contributed by atoms with van der Waals surface area (Å²) >= 11 is 0.